The molecule has 0 spiro atoms. The van der Waals surface area contributed by atoms with Crippen LogP contribution in [0.2, 0.25) is 0 Å². The van der Waals surface area contributed by atoms with E-state index in [0.29, 0.717) is 6.42 Å². The molecule has 0 rings (SSSR count). The molecule has 0 aromatic carbocycles. The number of rotatable bonds is 4. The third-order valence-electron chi connectivity index (χ3n) is 1.11. The molecule has 0 N–H and O–H groups in total. The molecule has 1 nitrogen and oxygen atoms in total. The van der Waals surface area contributed by atoms with Gasteiger partial charge < -0.3 is 0 Å². The van der Waals surface area contributed by atoms with Gasteiger partial charge in [0.15, 0.2) is 0 Å². The van der Waals surface area contributed by atoms with Crippen LogP contribution >= 0.6 is 0 Å². The molecule has 0 aliphatic rings. The molecule has 0 aliphatic carbocycles. The van der Waals surface area contributed by atoms with Crippen molar-refractivity contribution in [1.82, 2.24) is 0 Å². The molecule has 2 heteroatoms. The lowest BCUT2D eigenvalue weighted by Gasteiger charge is -2.01. The topological polar surface area (TPSA) is 17.1 Å². The molecule has 0 fully saturated rings. The van der Waals surface area contributed by atoms with Gasteiger partial charge >= 0.3 is 0 Å². The van der Waals surface area contributed by atoms with Crippen molar-refractivity contribution in [3.63, 3.8) is 0 Å². The van der Waals surface area contributed by atoms with Gasteiger partial charge in [-0.15, -0.1) is 0 Å². The van der Waals surface area contributed by atoms with E-state index in [4.69, 9.17) is 0 Å². The van der Waals surface area contributed by atoms with E-state index in [1.54, 1.807) is 0 Å². The van der Waals surface area contributed by atoms with Gasteiger partial charge in [0, 0.05) is 6.42 Å². The van der Waals surface area contributed by atoms with Crippen LogP contribution in [0.25, 0.3) is 0 Å². The van der Waals surface area contributed by atoms with Gasteiger partial charge in [-0.1, -0.05) is 13.3 Å². The number of hydrogen-bond donors (Lipinski definition) is 0. The summed E-state index contributed by atoms with van der Waals surface area (Å²) in [7, 11) is 0. The summed E-state index contributed by atoms with van der Waals surface area (Å²) < 4.78 is 12.4. The number of carbonyl (C=O) groups is 1. The maximum atomic E-state index is 12.4. The van der Waals surface area contributed by atoms with Gasteiger partial charge in [0.05, 0.1) is 0 Å². The van der Waals surface area contributed by atoms with Crippen LogP contribution in [0.5, 0.6) is 0 Å². The predicted octanol–water partition coefficient (Wildman–Crippen LogP) is 2.10. The van der Waals surface area contributed by atoms with Gasteiger partial charge in [0.25, 0.3) is 0 Å². The molecular weight excluding hydrogens is 119 g/mol. The Morgan fingerprint density at radius 1 is 1.67 bits per heavy atom. The van der Waals surface area contributed by atoms with Gasteiger partial charge in [-0.25, -0.2) is 4.39 Å². The summed E-state index contributed by atoms with van der Waals surface area (Å²) in [6.07, 6.45) is 0.509. The Bertz CT molecular complexity index is 90.9. The van der Waals surface area contributed by atoms with E-state index >= 15 is 0 Å². The van der Waals surface area contributed by atoms with Gasteiger partial charge in [-0.05, 0) is 13.3 Å². The predicted molar refractivity (Wildman–Crippen MR) is 35.1 cm³/mol. The normalized spacial score (nSPS) is 13.2. The highest BCUT2D eigenvalue weighted by Crippen LogP contribution is 2.05. The first kappa shape index (κ1) is 8.60. The van der Waals surface area contributed by atoms with E-state index in [-0.39, 0.29) is 12.2 Å². The summed E-state index contributed by atoms with van der Waals surface area (Å²) in [5.74, 6) is -0.0593. The first-order chi connectivity index (χ1) is 4.16. The van der Waals surface area contributed by atoms with E-state index in [2.05, 4.69) is 0 Å². The van der Waals surface area contributed by atoms with Gasteiger partial charge in [-0.2, -0.15) is 0 Å². The highest BCUT2D eigenvalue weighted by atomic mass is 19.1. The zero-order valence-corrected chi connectivity index (χ0v) is 5.98. The van der Waals surface area contributed by atoms with Gasteiger partial charge in [0.2, 0.25) is 0 Å². The van der Waals surface area contributed by atoms with Crippen LogP contribution < -0.4 is 0 Å². The molecule has 0 saturated heterocycles. The molecular formula is C7H13FO. The molecule has 54 valence electrons. The lowest BCUT2D eigenvalue weighted by Crippen LogP contribution is -2.04. The van der Waals surface area contributed by atoms with Crippen molar-refractivity contribution < 1.29 is 9.18 Å². The minimum atomic E-state index is -0.910. The Labute approximate surface area is 55.3 Å². The molecule has 0 heterocycles. The molecule has 0 radical (unpaired) electrons. The molecule has 0 bridgehead atoms. The van der Waals surface area contributed by atoms with Crippen molar-refractivity contribution in [2.75, 3.05) is 0 Å². The van der Waals surface area contributed by atoms with Crippen LogP contribution in [0.3, 0.4) is 0 Å². The molecule has 9 heavy (non-hydrogen) atoms. The summed E-state index contributed by atoms with van der Waals surface area (Å²) in [6, 6.07) is 0. The number of halogens is 1. The Kier molecular flexibility index (Phi) is 4.28. The van der Waals surface area contributed by atoms with Crippen LogP contribution in [0.1, 0.15) is 33.1 Å². The standard InChI is InChI=1S/C7H13FO/c1-3-4-7(8)5-6(2)9/h7H,3-5H2,1-2H3. The maximum Gasteiger partial charge on any atom is 0.132 e. The fraction of sp³-hybridized carbons (Fsp3) is 0.857. The highest BCUT2D eigenvalue weighted by Gasteiger charge is 2.06. The number of ketones is 1. The van der Waals surface area contributed by atoms with Crippen molar-refractivity contribution in [3.8, 4) is 0 Å². The van der Waals surface area contributed by atoms with Crippen LogP contribution in [0.15, 0.2) is 0 Å². The summed E-state index contributed by atoms with van der Waals surface area (Å²) in [4.78, 5) is 10.3. The van der Waals surface area contributed by atoms with E-state index in [0.717, 1.165) is 6.42 Å². The van der Waals surface area contributed by atoms with Crippen LogP contribution in [-0.2, 0) is 4.79 Å². The lowest BCUT2D eigenvalue weighted by atomic mass is 10.1. The minimum Gasteiger partial charge on any atom is -0.300 e. The Hall–Kier alpha value is -0.400. The Morgan fingerprint density at radius 3 is 2.56 bits per heavy atom. The quantitative estimate of drug-likeness (QED) is 0.572. The molecule has 1 atom stereocenters. The molecule has 1 unspecified atom stereocenters. The third-order valence-corrected chi connectivity index (χ3v) is 1.11. The van der Waals surface area contributed by atoms with E-state index in [1.807, 2.05) is 6.92 Å². The zero-order chi connectivity index (χ0) is 7.28. The number of carbonyl (C=O) groups excluding carboxylic acids is 1. The first-order valence-electron chi connectivity index (χ1n) is 3.30. The number of Topliss-reactive ketones (excluding diaryl/α,β-unsaturated/α-hetero) is 1. The van der Waals surface area contributed by atoms with E-state index in [9.17, 15) is 9.18 Å². The second kappa shape index (κ2) is 4.48. The average Bonchev–Trinajstić information content (AvgIpc) is 1.63. The first-order valence-corrected chi connectivity index (χ1v) is 3.30. The molecule has 0 aliphatic heterocycles. The largest absolute Gasteiger partial charge is 0.300 e. The van der Waals surface area contributed by atoms with Gasteiger partial charge in [-0.3, -0.25) is 4.79 Å². The molecule has 0 aromatic heterocycles. The van der Waals surface area contributed by atoms with Gasteiger partial charge in [0.1, 0.15) is 12.0 Å². The highest BCUT2D eigenvalue weighted by molar-refractivity contribution is 5.75. The molecule has 0 saturated carbocycles. The fourth-order valence-corrected chi connectivity index (χ4v) is 0.727. The minimum absolute atomic E-state index is 0.0593. The zero-order valence-electron chi connectivity index (χ0n) is 5.98. The van der Waals surface area contributed by atoms with Crippen molar-refractivity contribution in [3.05, 3.63) is 0 Å². The van der Waals surface area contributed by atoms with Crippen LogP contribution in [0, 0.1) is 0 Å². The monoisotopic (exact) mass is 132 g/mol. The molecule has 0 aromatic rings. The van der Waals surface area contributed by atoms with Crippen molar-refractivity contribution in [1.29, 1.82) is 0 Å². The number of hydrogen-bond acceptors (Lipinski definition) is 1. The SMILES string of the molecule is CCCC(F)CC(C)=O. The Morgan fingerprint density at radius 2 is 2.22 bits per heavy atom. The third kappa shape index (κ3) is 5.47. The fourth-order valence-electron chi connectivity index (χ4n) is 0.727. The summed E-state index contributed by atoms with van der Waals surface area (Å²) >= 11 is 0. The Balaban J connectivity index is 3.26. The van der Waals surface area contributed by atoms with Crippen molar-refractivity contribution in [2.24, 2.45) is 0 Å². The second-order valence-electron chi connectivity index (χ2n) is 2.29. The van der Waals surface area contributed by atoms with E-state index < -0.39 is 6.17 Å². The lowest BCUT2D eigenvalue weighted by molar-refractivity contribution is -0.118. The van der Waals surface area contributed by atoms with Crippen molar-refractivity contribution in [2.45, 2.75) is 39.3 Å². The van der Waals surface area contributed by atoms with E-state index in [1.165, 1.54) is 6.92 Å². The summed E-state index contributed by atoms with van der Waals surface area (Å²) in [5, 5.41) is 0. The summed E-state index contributed by atoms with van der Waals surface area (Å²) in [5.41, 5.74) is 0. The smallest absolute Gasteiger partial charge is 0.132 e. The van der Waals surface area contributed by atoms with Crippen LogP contribution in [-0.4, -0.2) is 12.0 Å². The average molecular weight is 132 g/mol. The number of alkyl halides is 1. The maximum absolute atomic E-state index is 12.4. The second-order valence-corrected chi connectivity index (χ2v) is 2.29. The summed E-state index contributed by atoms with van der Waals surface area (Å²) in [6.45, 7) is 3.33. The molecule has 0 amide bonds. The van der Waals surface area contributed by atoms with Crippen molar-refractivity contribution >= 4 is 5.78 Å². The van der Waals surface area contributed by atoms with Crippen LogP contribution in [0.4, 0.5) is 4.39 Å².